The summed E-state index contributed by atoms with van der Waals surface area (Å²) in [6, 6.07) is 15.1. The number of ketones is 1. The van der Waals surface area contributed by atoms with Crippen LogP contribution in [0.5, 0.6) is 0 Å². The Kier molecular flexibility index (Phi) is 3.62. The molecule has 1 saturated heterocycles. The van der Waals surface area contributed by atoms with Crippen molar-refractivity contribution < 1.29 is 9.69 Å². The third-order valence-corrected chi connectivity index (χ3v) is 5.18. The maximum atomic E-state index is 12.5. The molecular weight excluding hydrogens is 288 g/mol. The van der Waals surface area contributed by atoms with Crippen molar-refractivity contribution in [3.05, 3.63) is 70.1 Å². The van der Waals surface area contributed by atoms with Gasteiger partial charge < -0.3 is 9.47 Å². The Bertz CT molecular complexity index is 781. The first-order chi connectivity index (χ1) is 11.2. The molecule has 0 aliphatic carbocycles. The van der Waals surface area contributed by atoms with E-state index in [0.29, 0.717) is 18.4 Å². The number of benzene rings is 1. The van der Waals surface area contributed by atoms with E-state index < -0.39 is 0 Å². The third-order valence-electron chi connectivity index (χ3n) is 5.18. The molecule has 2 bridgehead atoms. The summed E-state index contributed by atoms with van der Waals surface area (Å²) < 4.78 is 1.94. The van der Waals surface area contributed by atoms with Gasteiger partial charge in [0.15, 0.2) is 0 Å². The van der Waals surface area contributed by atoms with Crippen LogP contribution in [0.2, 0.25) is 0 Å². The van der Waals surface area contributed by atoms with E-state index in [-0.39, 0.29) is 11.3 Å². The van der Waals surface area contributed by atoms with Crippen LogP contribution in [0.1, 0.15) is 28.4 Å². The molecule has 1 N–H and O–H groups in total. The fourth-order valence-corrected chi connectivity index (χ4v) is 4.22. The fraction of sp³-hybridized carbons (Fsp3) is 0.368. The van der Waals surface area contributed by atoms with Crippen molar-refractivity contribution in [2.45, 2.75) is 18.9 Å². The lowest BCUT2D eigenvalue weighted by atomic mass is 9.83. The summed E-state index contributed by atoms with van der Waals surface area (Å²) in [5, 5.41) is 0. The van der Waals surface area contributed by atoms with Gasteiger partial charge in [0, 0.05) is 35.7 Å². The number of rotatable bonds is 3. The molecule has 4 nitrogen and oxygen atoms in total. The molecule has 1 unspecified atom stereocenters. The van der Waals surface area contributed by atoms with Gasteiger partial charge in [0.25, 0.3) is 5.56 Å². The van der Waals surface area contributed by atoms with Crippen LogP contribution in [0.3, 0.4) is 0 Å². The quantitative estimate of drug-likeness (QED) is 0.850. The number of hydrogen-bond acceptors (Lipinski definition) is 2. The largest absolute Gasteiger partial charge is 0.328 e. The number of aromatic nitrogens is 1. The first-order valence-corrected chi connectivity index (χ1v) is 8.32. The highest BCUT2D eigenvalue weighted by molar-refractivity contribution is 5.96. The molecular formula is C19H21N2O2+. The zero-order chi connectivity index (χ0) is 15.8. The molecule has 1 fully saturated rings. The zero-order valence-electron chi connectivity index (χ0n) is 13.1. The second-order valence-corrected chi connectivity index (χ2v) is 6.82. The summed E-state index contributed by atoms with van der Waals surface area (Å²) in [5.41, 5.74) is 2.06. The van der Waals surface area contributed by atoms with E-state index in [0.717, 1.165) is 37.3 Å². The van der Waals surface area contributed by atoms with Crippen molar-refractivity contribution in [1.29, 1.82) is 0 Å². The second kappa shape index (κ2) is 5.78. The summed E-state index contributed by atoms with van der Waals surface area (Å²) >= 11 is 0. The summed E-state index contributed by atoms with van der Waals surface area (Å²) in [7, 11) is 0. The van der Waals surface area contributed by atoms with Crippen molar-refractivity contribution >= 4 is 5.78 Å². The first kappa shape index (κ1) is 14.4. The molecule has 0 amide bonds. The summed E-state index contributed by atoms with van der Waals surface area (Å²) in [4.78, 5) is 25.8. The Hall–Kier alpha value is -2.20. The van der Waals surface area contributed by atoms with Gasteiger partial charge in [-0.25, -0.2) is 0 Å². The predicted octanol–water partition coefficient (Wildman–Crippen LogP) is 0.733. The van der Waals surface area contributed by atoms with Crippen LogP contribution < -0.4 is 10.5 Å². The van der Waals surface area contributed by atoms with Crippen LogP contribution >= 0.6 is 0 Å². The molecule has 3 atom stereocenters. The number of hydrogen-bond donors (Lipinski definition) is 1. The van der Waals surface area contributed by atoms with Crippen molar-refractivity contribution in [3.63, 3.8) is 0 Å². The minimum absolute atomic E-state index is 0.112. The average Bonchev–Trinajstić information content (AvgIpc) is 2.57. The van der Waals surface area contributed by atoms with Gasteiger partial charge >= 0.3 is 0 Å². The molecule has 118 valence electrons. The van der Waals surface area contributed by atoms with E-state index in [1.165, 1.54) is 4.90 Å². The molecule has 23 heavy (non-hydrogen) atoms. The van der Waals surface area contributed by atoms with Crippen LogP contribution in [0, 0.1) is 5.92 Å². The van der Waals surface area contributed by atoms with Gasteiger partial charge in [-0.15, -0.1) is 0 Å². The van der Waals surface area contributed by atoms with Crippen molar-refractivity contribution in [3.8, 4) is 0 Å². The van der Waals surface area contributed by atoms with Crippen molar-refractivity contribution in [1.82, 2.24) is 4.57 Å². The summed E-state index contributed by atoms with van der Waals surface area (Å²) in [6.07, 6.45) is 1.15. The summed E-state index contributed by atoms with van der Waals surface area (Å²) in [5.74, 6) is 1.11. The van der Waals surface area contributed by atoms with E-state index in [1.807, 2.05) is 41.0 Å². The zero-order valence-corrected chi connectivity index (χ0v) is 13.1. The van der Waals surface area contributed by atoms with Gasteiger partial charge in [-0.2, -0.15) is 0 Å². The molecule has 1 aromatic heterocycles. The van der Waals surface area contributed by atoms with Gasteiger partial charge in [-0.3, -0.25) is 9.59 Å². The molecule has 1 aromatic carbocycles. The lowest BCUT2D eigenvalue weighted by molar-refractivity contribution is -0.902. The third kappa shape index (κ3) is 2.75. The number of fused-ring (bicyclic) bond motifs is 4. The number of nitrogens with one attached hydrogen (secondary N) is 1. The van der Waals surface area contributed by atoms with Crippen LogP contribution in [0.25, 0.3) is 0 Å². The Morgan fingerprint density at radius 1 is 1.09 bits per heavy atom. The van der Waals surface area contributed by atoms with Crippen molar-refractivity contribution in [2.24, 2.45) is 5.92 Å². The Labute approximate surface area is 135 Å². The molecule has 4 heteroatoms. The lowest BCUT2D eigenvalue weighted by Crippen LogP contribution is -3.15. The molecule has 2 aliphatic heterocycles. The van der Waals surface area contributed by atoms with Crippen LogP contribution in [-0.4, -0.2) is 30.0 Å². The number of piperidine rings is 1. The van der Waals surface area contributed by atoms with E-state index >= 15 is 0 Å². The molecule has 3 heterocycles. The molecule has 0 spiro atoms. The first-order valence-electron chi connectivity index (χ1n) is 8.32. The Morgan fingerprint density at radius 2 is 1.91 bits per heavy atom. The minimum atomic E-state index is 0.112. The van der Waals surface area contributed by atoms with E-state index in [4.69, 9.17) is 0 Å². The molecule has 0 saturated carbocycles. The van der Waals surface area contributed by atoms with Crippen LogP contribution in [0.4, 0.5) is 0 Å². The van der Waals surface area contributed by atoms with Crippen LogP contribution in [-0.2, 0) is 6.54 Å². The highest BCUT2D eigenvalue weighted by Crippen LogP contribution is 2.29. The highest BCUT2D eigenvalue weighted by Gasteiger charge is 2.37. The molecule has 0 radical (unpaired) electrons. The summed E-state index contributed by atoms with van der Waals surface area (Å²) in [6.45, 7) is 3.27. The van der Waals surface area contributed by atoms with Gasteiger partial charge in [0.05, 0.1) is 13.1 Å². The van der Waals surface area contributed by atoms with Crippen molar-refractivity contribution in [2.75, 3.05) is 19.6 Å². The number of nitrogens with zero attached hydrogens (tertiary/aromatic N) is 1. The number of pyridine rings is 1. The van der Waals surface area contributed by atoms with Gasteiger partial charge in [-0.05, 0) is 12.5 Å². The molecule has 2 aliphatic rings. The SMILES string of the molecule is O=C(C[NH+]1C[C@H]2C[C@@H](C1)c1cccc(=O)n1C2)c1ccccc1. The average molecular weight is 309 g/mol. The minimum Gasteiger partial charge on any atom is -0.328 e. The van der Waals surface area contributed by atoms with Crippen LogP contribution in [0.15, 0.2) is 53.3 Å². The lowest BCUT2D eigenvalue weighted by Gasteiger charge is -2.40. The molecule has 2 aromatic rings. The number of carbonyl (C=O) groups is 1. The van der Waals surface area contributed by atoms with E-state index in [9.17, 15) is 9.59 Å². The smallest absolute Gasteiger partial charge is 0.250 e. The standard InChI is InChI=1S/C19H20N2O2/c22-18(15-5-2-1-3-6-15)13-20-10-14-9-16(12-20)17-7-4-8-19(23)21(17)11-14/h1-8,14,16H,9-13H2/p+1/t14-,16+/m1/s1. The van der Waals surface area contributed by atoms with E-state index in [1.54, 1.807) is 6.07 Å². The normalized spacial score (nSPS) is 25.7. The Balaban J connectivity index is 1.53. The van der Waals surface area contributed by atoms with Gasteiger partial charge in [0.1, 0.15) is 6.54 Å². The number of Topliss-reactive ketones (excluding diaryl/α,β-unsaturated/α-hetero) is 1. The number of carbonyl (C=O) groups excluding carboxylic acids is 1. The number of likely N-dealkylation sites (tertiary alicyclic amines) is 1. The highest BCUT2D eigenvalue weighted by atomic mass is 16.1. The fourth-order valence-electron chi connectivity index (χ4n) is 4.22. The predicted molar refractivity (Wildman–Crippen MR) is 87.9 cm³/mol. The topological polar surface area (TPSA) is 43.5 Å². The molecule has 4 rings (SSSR count). The number of quaternary nitrogens is 1. The second-order valence-electron chi connectivity index (χ2n) is 6.82. The monoisotopic (exact) mass is 309 g/mol. The van der Waals surface area contributed by atoms with E-state index in [2.05, 4.69) is 6.07 Å². The van der Waals surface area contributed by atoms with Gasteiger partial charge in [0.2, 0.25) is 5.78 Å². The maximum absolute atomic E-state index is 12.5. The van der Waals surface area contributed by atoms with Gasteiger partial charge in [-0.1, -0.05) is 36.4 Å². The Morgan fingerprint density at radius 3 is 2.74 bits per heavy atom. The maximum Gasteiger partial charge on any atom is 0.250 e.